The van der Waals surface area contributed by atoms with Crippen molar-refractivity contribution in [3.8, 4) is 0 Å². The number of thioether (sulfide) groups is 1. The van der Waals surface area contributed by atoms with Gasteiger partial charge in [-0.25, -0.2) is 14.6 Å². The minimum atomic E-state index is -0.490. The fourth-order valence-electron chi connectivity index (χ4n) is 3.00. The summed E-state index contributed by atoms with van der Waals surface area (Å²) in [7, 11) is 0. The minimum Gasteiger partial charge on any atom is -0.367 e. The maximum atomic E-state index is 12.4. The van der Waals surface area contributed by atoms with E-state index in [1.807, 2.05) is 20.8 Å². The van der Waals surface area contributed by atoms with Gasteiger partial charge >= 0.3 is 0 Å². The monoisotopic (exact) mass is 443 g/mol. The number of nitrogens with zero attached hydrogens (tertiary/aromatic N) is 5. The normalized spacial score (nSPS) is 11.1. The Balaban J connectivity index is 1.75. The van der Waals surface area contributed by atoms with Crippen molar-refractivity contribution in [1.29, 1.82) is 0 Å². The van der Waals surface area contributed by atoms with Crippen LogP contribution in [0, 0.1) is 17.0 Å². The second-order valence-corrected chi connectivity index (χ2v) is 8.44. The largest absolute Gasteiger partial charge is 0.367 e. The van der Waals surface area contributed by atoms with Crippen LogP contribution in [0.25, 0.3) is 11.0 Å². The number of fused-ring (bicyclic) bond motifs is 1. The van der Waals surface area contributed by atoms with Crippen LogP contribution in [-0.2, 0) is 6.54 Å². The van der Waals surface area contributed by atoms with Crippen molar-refractivity contribution in [2.45, 2.75) is 45.4 Å². The Hall–Kier alpha value is -3.21. The third-order valence-corrected chi connectivity index (χ3v) is 5.18. The summed E-state index contributed by atoms with van der Waals surface area (Å²) < 4.78 is 1.72. The number of nitro benzene ring substituents is 1. The maximum absolute atomic E-state index is 12.4. The van der Waals surface area contributed by atoms with E-state index in [9.17, 15) is 14.9 Å². The average molecular weight is 444 g/mol. The van der Waals surface area contributed by atoms with E-state index in [4.69, 9.17) is 0 Å². The maximum Gasteiger partial charge on any atom is 0.273 e. The molecule has 2 N–H and O–H groups in total. The molecule has 0 radical (unpaired) electrons. The number of carbonyl (C=O) groups excluding carboxylic acids is 1. The first kappa shape index (κ1) is 22.5. The summed E-state index contributed by atoms with van der Waals surface area (Å²) in [5.74, 6) is 1.20. The van der Waals surface area contributed by atoms with E-state index in [2.05, 4.69) is 25.7 Å². The Bertz CT molecular complexity index is 1110. The van der Waals surface area contributed by atoms with Gasteiger partial charge in [0.15, 0.2) is 10.8 Å². The lowest BCUT2D eigenvalue weighted by Gasteiger charge is -2.12. The lowest BCUT2D eigenvalue weighted by molar-refractivity contribution is -0.385. The van der Waals surface area contributed by atoms with Crippen LogP contribution in [0.5, 0.6) is 0 Å². The van der Waals surface area contributed by atoms with E-state index in [-0.39, 0.29) is 23.2 Å². The molecule has 31 heavy (non-hydrogen) atoms. The van der Waals surface area contributed by atoms with Crippen LogP contribution in [0.3, 0.4) is 0 Å². The van der Waals surface area contributed by atoms with Crippen molar-refractivity contribution in [3.05, 3.63) is 45.6 Å². The van der Waals surface area contributed by atoms with Crippen LogP contribution in [0.2, 0.25) is 0 Å². The Morgan fingerprint density at radius 3 is 2.77 bits per heavy atom. The summed E-state index contributed by atoms with van der Waals surface area (Å²) in [5, 5.41) is 23.1. The molecule has 3 rings (SSSR count). The topological polar surface area (TPSA) is 128 Å². The first-order chi connectivity index (χ1) is 14.8. The molecule has 0 fully saturated rings. The van der Waals surface area contributed by atoms with Crippen LogP contribution in [0.15, 0.2) is 29.6 Å². The number of amides is 1. The molecule has 1 aromatic carbocycles. The molecule has 10 nitrogen and oxygen atoms in total. The van der Waals surface area contributed by atoms with Crippen LogP contribution in [0.1, 0.15) is 36.7 Å². The lowest BCUT2D eigenvalue weighted by Crippen LogP contribution is -2.27. The summed E-state index contributed by atoms with van der Waals surface area (Å²) in [5.41, 5.74) is 1.37. The molecule has 0 spiro atoms. The van der Waals surface area contributed by atoms with Gasteiger partial charge in [-0.1, -0.05) is 24.8 Å². The quantitative estimate of drug-likeness (QED) is 0.223. The third-order valence-electron chi connectivity index (χ3n) is 4.45. The first-order valence-corrected chi connectivity index (χ1v) is 10.9. The van der Waals surface area contributed by atoms with E-state index < -0.39 is 4.92 Å². The van der Waals surface area contributed by atoms with Gasteiger partial charge in [0.05, 0.1) is 23.1 Å². The number of aryl methyl sites for hydroxylation is 1. The van der Waals surface area contributed by atoms with Gasteiger partial charge in [0, 0.05) is 29.8 Å². The predicted octanol–water partition coefficient (Wildman–Crippen LogP) is 3.41. The second-order valence-electron chi connectivity index (χ2n) is 7.21. The van der Waals surface area contributed by atoms with Gasteiger partial charge in [0.1, 0.15) is 5.82 Å². The fourth-order valence-corrected chi connectivity index (χ4v) is 3.57. The van der Waals surface area contributed by atoms with Crippen molar-refractivity contribution in [1.82, 2.24) is 25.1 Å². The van der Waals surface area contributed by atoms with Gasteiger partial charge in [-0.05, 0) is 32.6 Å². The highest BCUT2D eigenvalue weighted by atomic mass is 32.2. The molecule has 0 saturated heterocycles. The van der Waals surface area contributed by atoms with E-state index in [0.29, 0.717) is 29.5 Å². The Labute approximate surface area is 184 Å². The molecule has 2 aromatic heterocycles. The number of anilines is 1. The molecular formula is C20H25N7O3S. The standard InChI is InChI=1S/C20H25N7O3S/c1-5-31-20-24-17(23-12(2)3)15-11-22-26(18(15)25-20)9-8-21-19(28)14-7-6-13(4)16(10-14)27(29)30/h6-7,10-12H,5,8-9H2,1-4H3,(H,21,28)(H,23,24,25). The van der Waals surface area contributed by atoms with Gasteiger partial charge < -0.3 is 10.6 Å². The number of aromatic nitrogens is 4. The van der Waals surface area contributed by atoms with Gasteiger partial charge in [-0.3, -0.25) is 14.9 Å². The zero-order valence-corrected chi connectivity index (χ0v) is 18.7. The van der Waals surface area contributed by atoms with Crippen LogP contribution in [0.4, 0.5) is 11.5 Å². The smallest absolute Gasteiger partial charge is 0.273 e. The molecule has 0 bridgehead atoms. The Morgan fingerprint density at radius 1 is 1.32 bits per heavy atom. The average Bonchev–Trinajstić information content (AvgIpc) is 3.11. The van der Waals surface area contributed by atoms with Gasteiger partial charge in [0.25, 0.3) is 11.6 Å². The van der Waals surface area contributed by atoms with Crippen molar-refractivity contribution >= 4 is 40.2 Å². The van der Waals surface area contributed by atoms with Crippen molar-refractivity contribution in [2.24, 2.45) is 0 Å². The summed E-state index contributed by atoms with van der Waals surface area (Å²) in [6, 6.07) is 4.64. The van der Waals surface area contributed by atoms with Crippen LogP contribution >= 0.6 is 11.8 Å². The molecular weight excluding hydrogens is 418 g/mol. The number of hydrogen-bond acceptors (Lipinski definition) is 8. The number of hydrogen-bond donors (Lipinski definition) is 2. The molecule has 0 saturated carbocycles. The van der Waals surface area contributed by atoms with Gasteiger partial charge in [-0.15, -0.1) is 0 Å². The SMILES string of the molecule is CCSc1nc(NC(C)C)c2cnn(CCNC(=O)c3ccc(C)c([N+](=O)[O-])c3)c2n1. The minimum absolute atomic E-state index is 0.0754. The third kappa shape index (κ3) is 5.29. The highest BCUT2D eigenvalue weighted by Gasteiger charge is 2.16. The van der Waals surface area contributed by atoms with Crippen molar-refractivity contribution < 1.29 is 9.72 Å². The first-order valence-electron chi connectivity index (χ1n) is 9.96. The fraction of sp³-hybridized carbons (Fsp3) is 0.400. The van der Waals surface area contributed by atoms with E-state index in [1.165, 1.54) is 6.07 Å². The Morgan fingerprint density at radius 2 is 2.10 bits per heavy atom. The second kappa shape index (κ2) is 9.73. The highest BCUT2D eigenvalue weighted by Crippen LogP contribution is 2.25. The van der Waals surface area contributed by atoms with Crippen LogP contribution < -0.4 is 10.6 Å². The number of nitro groups is 1. The van der Waals surface area contributed by atoms with Crippen molar-refractivity contribution in [2.75, 3.05) is 17.6 Å². The van der Waals surface area contributed by atoms with E-state index >= 15 is 0 Å². The molecule has 2 heterocycles. The summed E-state index contributed by atoms with van der Waals surface area (Å²) in [4.78, 5) is 32.2. The zero-order chi connectivity index (χ0) is 22.5. The number of carbonyl (C=O) groups is 1. The van der Waals surface area contributed by atoms with Gasteiger partial charge in [0.2, 0.25) is 0 Å². The molecule has 0 aliphatic carbocycles. The number of nitrogens with one attached hydrogen (secondary N) is 2. The predicted molar refractivity (Wildman–Crippen MR) is 121 cm³/mol. The summed E-state index contributed by atoms with van der Waals surface area (Å²) in [6.45, 7) is 8.45. The number of rotatable bonds is 9. The molecule has 0 aliphatic heterocycles. The number of benzene rings is 1. The molecule has 0 aliphatic rings. The van der Waals surface area contributed by atoms with E-state index in [0.717, 1.165) is 17.0 Å². The van der Waals surface area contributed by atoms with Crippen LogP contribution in [-0.4, -0.2) is 48.9 Å². The molecule has 1 amide bonds. The molecule has 3 aromatic rings. The molecule has 11 heteroatoms. The molecule has 0 unspecified atom stereocenters. The zero-order valence-electron chi connectivity index (χ0n) is 17.9. The van der Waals surface area contributed by atoms with E-state index in [1.54, 1.807) is 41.7 Å². The van der Waals surface area contributed by atoms with Crippen molar-refractivity contribution in [3.63, 3.8) is 0 Å². The lowest BCUT2D eigenvalue weighted by atomic mass is 10.1. The Kier molecular flexibility index (Phi) is 7.06. The van der Waals surface area contributed by atoms with Gasteiger partial charge in [-0.2, -0.15) is 5.10 Å². The highest BCUT2D eigenvalue weighted by molar-refractivity contribution is 7.99. The molecule has 164 valence electrons. The molecule has 0 atom stereocenters. The summed E-state index contributed by atoms with van der Waals surface area (Å²) in [6.07, 6.45) is 1.71. The summed E-state index contributed by atoms with van der Waals surface area (Å²) >= 11 is 1.55.